The maximum absolute atomic E-state index is 12.3. The van der Waals surface area contributed by atoms with Gasteiger partial charge in [0.2, 0.25) is 11.8 Å². The summed E-state index contributed by atoms with van der Waals surface area (Å²) in [5.41, 5.74) is 7.17. The number of anilines is 1. The van der Waals surface area contributed by atoms with Crippen LogP contribution in [0.2, 0.25) is 0 Å². The molecule has 1 aromatic carbocycles. The predicted octanol–water partition coefficient (Wildman–Crippen LogP) is 0.255. The van der Waals surface area contributed by atoms with Gasteiger partial charge in [-0.25, -0.2) is 0 Å². The van der Waals surface area contributed by atoms with Gasteiger partial charge in [-0.05, 0) is 23.8 Å². The van der Waals surface area contributed by atoms with E-state index in [1.807, 2.05) is 12.1 Å². The molecule has 1 heterocycles. The Kier molecular flexibility index (Phi) is 4.94. The third-order valence-electron chi connectivity index (χ3n) is 3.29. The van der Waals surface area contributed by atoms with E-state index in [2.05, 4.69) is 5.32 Å². The summed E-state index contributed by atoms with van der Waals surface area (Å²) < 4.78 is 5.27. The number of ether oxygens (including phenoxy) is 1. The normalized spacial score (nSPS) is 18.7. The van der Waals surface area contributed by atoms with Crippen LogP contribution in [0.25, 0.3) is 6.08 Å². The topological polar surface area (TPSA) is 84.7 Å². The molecule has 1 aliphatic rings. The number of morpholine rings is 1. The van der Waals surface area contributed by atoms with Crippen molar-refractivity contribution in [1.82, 2.24) is 10.2 Å². The average Bonchev–Trinajstić information content (AvgIpc) is 2.52. The molecule has 1 atom stereocenters. The summed E-state index contributed by atoms with van der Waals surface area (Å²) in [7, 11) is 1.54. The van der Waals surface area contributed by atoms with Crippen molar-refractivity contribution in [3.8, 4) is 0 Å². The number of likely N-dealkylation sites (N-methyl/N-ethyl adjacent to an activating group) is 1. The zero-order valence-corrected chi connectivity index (χ0v) is 11.9. The molecule has 1 aromatic rings. The molecule has 0 spiro atoms. The number of carbonyl (C=O) groups excluding carboxylic acids is 2. The minimum Gasteiger partial charge on any atom is -0.399 e. The molecule has 1 aliphatic heterocycles. The molecule has 1 saturated heterocycles. The smallest absolute Gasteiger partial charge is 0.247 e. The monoisotopic (exact) mass is 289 g/mol. The van der Waals surface area contributed by atoms with Gasteiger partial charge in [0, 0.05) is 25.4 Å². The first-order valence-corrected chi connectivity index (χ1v) is 6.75. The minimum atomic E-state index is -0.582. The van der Waals surface area contributed by atoms with Gasteiger partial charge in [0.1, 0.15) is 6.04 Å². The molecule has 1 unspecified atom stereocenters. The average molecular weight is 289 g/mol. The van der Waals surface area contributed by atoms with Crippen molar-refractivity contribution in [2.75, 3.05) is 32.5 Å². The van der Waals surface area contributed by atoms with Gasteiger partial charge in [0.15, 0.2) is 0 Å². The number of hydrogen-bond donors (Lipinski definition) is 2. The van der Waals surface area contributed by atoms with Gasteiger partial charge in [0.05, 0.1) is 13.2 Å². The Labute approximate surface area is 123 Å². The molecule has 6 heteroatoms. The van der Waals surface area contributed by atoms with E-state index < -0.39 is 6.04 Å². The van der Waals surface area contributed by atoms with E-state index in [4.69, 9.17) is 10.5 Å². The highest BCUT2D eigenvalue weighted by Crippen LogP contribution is 2.11. The number of carbonyl (C=O) groups is 2. The largest absolute Gasteiger partial charge is 0.399 e. The molecule has 0 aromatic heterocycles. The highest BCUT2D eigenvalue weighted by Gasteiger charge is 2.31. The molecular weight excluding hydrogens is 270 g/mol. The molecule has 0 aliphatic carbocycles. The minimum absolute atomic E-state index is 0.214. The molecule has 3 N–H and O–H groups in total. The number of nitrogens with one attached hydrogen (secondary N) is 1. The van der Waals surface area contributed by atoms with Crippen molar-refractivity contribution < 1.29 is 14.3 Å². The summed E-state index contributed by atoms with van der Waals surface area (Å²) in [5.74, 6) is -0.435. The number of nitrogens with zero attached hydrogens (tertiary/aromatic N) is 1. The molecule has 21 heavy (non-hydrogen) atoms. The first kappa shape index (κ1) is 15.1. The van der Waals surface area contributed by atoms with Crippen LogP contribution in [0.5, 0.6) is 0 Å². The lowest BCUT2D eigenvalue weighted by Gasteiger charge is -2.33. The summed E-state index contributed by atoms with van der Waals surface area (Å²) in [6, 6.07) is 6.65. The van der Waals surface area contributed by atoms with Crippen LogP contribution in [0.15, 0.2) is 30.3 Å². The van der Waals surface area contributed by atoms with E-state index in [-0.39, 0.29) is 18.4 Å². The third kappa shape index (κ3) is 3.82. The Morgan fingerprint density at radius 1 is 1.48 bits per heavy atom. The molecule has 2 rings (SSSR count). The number of nitrogens with two attached hydrogens (primary N) is 1. The van der Waals surface area contributed by atoms with Crippen LogP contribution in [0.4, 0.5) is 5.69 Å². The zero-order chi connectivity index (χ0) is 15.2. The maximum Gasteiger partial charge on any atom is 0.247 e. The summed E-state index contributed by atoms with van der Waals surface area (Å²) in [6.45, 7) is 1.06. The van der Waals surface area contributed by atoms with Crippen molar-refractivity contribution in [2.24, 2.45) is 0 Å². The van der Waals surface area contributed by atoms with Crippen molar-refractivity contribution in [3.05, 3.63) is 35.9 Å². The van der Waals surface area contributed by atoms with Crippen LogP contribution >= 0.6 is 0 Å². The molecule has 6 nitrogen and oxygen atoms in total. The second kappa shape index (κ2) is 6.90. The van der Waals surface area contributed by atoms with Crippen molar-refractivity contribution in [3.63, 3.8) is 0 Å². The van der Waals surface area contributed by atoms with Crippen LogP contribution in [0.3, 0.4) is 0 Å². The summed E-state index contributed by atoms with van der Waals surface area (Å²) in [4.78, 5) is 25.6. The Balaban J connectivity index is 2.08. The summed E-state index contributed by atoms with van der Waals surface area (Å²) in [5, 5.41) is 2.55. The van der Waals surface area contributed by atoms with Crippen molar-refractivity contribution in [1.29, 1.82) is 0 Å². The van der Waals surface area contributed by atoms with Crippen LogP contribution in [-0.4, -0.2) is 49.6 Å². The quantitative estimate of drug-likeness (QED) is 0.617. The fraction of sp³-hybridized carbons (Fsp3) is 0.333. The van der Waals surface area contributed by atoms with E-state index in [1.165, 1.54) is 11.0 Å². The summed E-state index contributed by atoms with van der Waals surface area (Å²) in [6.07, 6.45) is 3.14. The number of nitrogen functional groups attached to an aromatic ring is 1. The van der Waals surface area contributed by atoms with E-state index in [0.717, 1.165) is 5.56 Å². The van der Waals surface area contributed by atoms with Crippen LogP contribution in [-0.2, 0) is 14.3 Å². The van der Waals surface area contributed by atoms with Gasteiger partial charge in [-0.3, -0.25) is 9.59 Å². The number of benzene rings is 1. The molecule has 112 valence electrons. The van der Waals surface area contributed by atoms with Gasteiger partial charge in [-0.2, -0.15) is 0 Å². The fourth-order valence-corrected chi connectivity index (χ4v) is 2.18. The molecule has 0 saturated carbocycles. The molecule has 0 radical (unpaired) electrons. The van der Waals surface area contributed by atoms with Crippen molar-refractivity contribution >= 4 is 23.6 Å². The number of rotatable bonds is 3. The van der Waals surface area contributed by atoms with Gasteiger partial charge in [-0.1, -0.05) is 12.1 Å². The predicted molar refractivity (Wildman–Crippen MR) is 80.3 cm³/mol. The Morgan fingerprint density at radius 3 is 3.00 bits per heavy atom. The second-order valence-corrected chi connectivity index (χ2v) is 4.74. The van der Waals surface area contributed by atoms with E-state index >= 15 is 0 Å². The highest BCUT2D eigenvalue weighted by molar-refractivity contribution is 5.95. The zero-order valence-electron chi connectivity index (χ0n) is 11.9. The molecular formula is C15H19N3O3. The molecule has 1 fully saturated rings. The van der Waals surface area contributed by atoms with Crippen LogP contribution < -0.4 is 11.1 Å². The summed E-state index contributed by atoms with van der Waals surface area (Å²) >= 11 is 0. The van der Waals surface area contributed by atoms with Gasteiger partial charge < -0.3 is 20.7 Å². The van der Waals surface area contributed by atoms with E-state index in [9.17, 15) is 9.59 Å². The molecule has 0 bridgehead atoms. The van der Waals surface area contributed by atoms with Gasteiger partial charge >= 0.3 is 0 Å². The Morgan fingerprint density at radius 2 is 2.29 bits per heavy atom. The first-order valence-electron chi connectivity index (χ1n) is 6.75. The number of hydrogen-bond acceptors (Lipinski definition) is 4. The standard InChI is InChI=1S/C15H19N3O3/c1-17-15(20)13-10-21-8-7-18(13)14(19)6-5-11-3-2-4-12(16)9-11/h2-6,9,13H,7-8,10,16H2,1H3,(H,17,20)/b6-5+. The maximum atomic E-state index is 12.3. The Hall–Kier alpha value is -2.34. The lowest BCUT2D eigenvalue weighted by Crippen LogP contribution is -2.55. The van der Waals surface area contributed by atoms with Crippen molar-refractivity contribution in [2.45, 2.75) is 6.04 Å². The SMILES string of the molecule is CNC(=O)C1COCCN1C(=O)/C=C/c1cccc(N)c1. The van der Waals surface area contributed by atoms with E-state index in [1.54, 1.807) is 25.3 Å². The van der Waals surface area contributed by atoms with Gasteiger partial charge in [-0.15, -0.1) is 0 Å². The lowest BCUT2D eigenvalue weighted by molar-refractivity contribution is -0.144. The number of amides is 2. The fourth-order valence-electron chi connectivity index (χ4n) is 2.18. The van der Waals surface area contributed by atoms with E-state index in [0.29, 0.717) is 18.8 Å². The second-order valence-electron chi connectivity index (χ2n) is 4.74. The lowest BCUT2D eigenvalue weighted by atomic mass is 10.1. The first-order chi connectivity index (χ1) is 10.1. The molecule has 2 amide bonds. The van der Waals surface area contributed by atoms with Gasteiger partial charge in [0.25, 0.3) is 0 Å². The highest BCUT2D eigenvalue weighted by atomic mass is 16.5. The Bertz CT molecular complexity index is 557. The van der Waals surface area contributed by atoms with Crippen LogP contribution in [0.1, 0.15) is 5.56 Å². The van der Waals surface area contributed by atoms with Crippen LogP contribution in [0, 0.1) is 0 Å². The third-order valence-corrected chi connectivity index (χ3v) is 3.29.